The number of pyridine rings is 1. The van der Waals surface area contributed by atoms with E-state index in [1.807, 2.05) is 54.0 Å². The number of thiazole rings is 1. The average Bonchev–Trinajstić information content (AvgIpc) is 3.36. The van der Waals surface area contributed by atoms with Crippen molar-refractivity contribution in [1.82, 2.24) is 19.7 Å². The third-order valence-electron chi connectivity index (χ3n) is 4.05. The van der Waals surface area contributed by atoms with Crippen molar-refractivity contribution < 1.29 is 4.74 Å². The lowest BCUT2D eigenvalue weighted by molar-refractivity contribution is 0.414. The van der Waals surface area contributed by atoms with Gasteiger partial charge in [-0.3, -0.25) is 4.68 Å². The normalized spacial score (nSPS) is 10.4. The minimum Gasteiger partial charge on any atom is -0.497 e. The van der Waals surface area contributed by atoms with Crippen molar-refractivity contribution >= 4 is 22.3 Å². The lowest BCUT2D eigenvalue weighted by atomic mass is 10.2. The number of aromatic nitrogens is 4. The summed E-state index contributed by atoms with van der Waals surface area (Å²) in [7, 11) is 1.64. The molecule has 1 N–H and O–H groups in total. The van der Waals surface area contributed by atoms with E-state index in [1.165, 1.54) is 11.3 Å². The van der Waals surface area contributed by atoms with Gasteiger partial charge in [-0.2, -0.15) is 10.4 Å². The predicted molar refractivity (Wildman–Crippen MR) is 108 cm³/mol. The van der Waals surface area contributed by atoms with E-state index < -0.39 is 0 Å². The zero-order valence-electron chi connectivity index (χ0n) is 15.0. The van der Waals surface area contributed by atoms with Crippen LogP contribution in [-0.2, 0) is 6.54 Å². The molecule has 0 spiro atoms. The van der Waals surface area contributed by atoms with Gasteiger partial charge in [0.25, 0.3) is 0 Å². The van der Waals surface area contributed by atoms with E-state index in [1.54, 1.807) is 18.0 Å². The van der Waals surface area contributed by atoms with Gasteiger partial charge >= 0.3 is 0 Å². The van der Waals surface area contributed by atoms with Gasteiger partial charge in [-0.15, -0.1) is 11.3 Å². The Morgan fingerprint density at radius 1 is 1.21 bits per heavy atom. The number of hydrogen-bond acceptors (Lipinski definition) is 7. The number of hydrogen-bond donors (Lipinski definition) is 1. The van der Waals surface area contributed by atoms with E-state index in [-0.39, 0.29) is 0 Å². The van der Waals surface area contributed by atoms with E-state index in [2.05, 4.69) is 26.5 Å². The summed E-state index contributed by atoms with van der Waals surface area (Å²) in [5.74, 6) is 1.53. The van der Waals surface area contributed by atoms with E-state index >= 15 is 0 Å². The van der Waals surface area contributed by atoms with Crippen LogP contribution in [0.25, 0.3) is 11.3 Å². The third kappa shape index (κ3) is 3.84. The highest BCUT2D eigenvalue weighted by molar-refractivity contribution is 7.14. The number of anilines is 2. The minimum atomic E-state index is 0.350. The summed E-state index contributed by atoms with van der Waals surface area (Å²) in [5.41, 5.74) is 2.83. The molecule has 0 unspecified atom stereocenters. The Morgan fingerprint density at radius 2 is 2.07 bits per heavy atom. The van der Waals surface area contributed by atoms with Crippen LogP contribution in [0, 0.1) is 11.3 Å². The van der Waals surface area contributed by atoms with Gasteiger partial charge in [0.1, 0.15) is 17.6 Å². The molecule has 7 nitrogen and oxygen atoms in total. The Hall–Kier alpha value is -3.70. The SMILES string of the molecule is COc1ccc(Cn2cc(-c3csc(Nc4ccccn4)n3)c(C#N)n2)cc1. The molecule has 0 aliphatic rings. The molecule has 0 atom stereocenters. The second-order valence-corrected chi connectivity index (χ2v) is 6.78. The van der Waals surface area contributed by atoms with Crippen molar-refractivity contribution in [2.45, 2.75) is 6.54 Å². The maximum absolute atomic E-state index is 9.48. The van der Waals surface area contributed by atoms with Gasteiger partial charge in [-0.05, 0) is 29.8 Å². The van der Waals surface area contributed by atoms with Crippen LogP contribution in [0.2, 0.25) is 0 Å². The molecule has 3 aromatic heterocycles. The van der Waals surface area contributed by atoms with Crippen LogP contribution in [0.5, 0.6) is 5.75 Å². The Bertz CT molecular complexity index is 1110. The van der Waals surface area contributed by atoms with Crippen molar-refractivity contribution in [3.8, 4) is 23.1 Å². The number of benzene rings is 1. The molecule has 0 aliphatic carbocycles. The zero-order valence-corrected chi connectivity index (χ0v) is 15.8. The molecule has 3 heterocycles. The summed E-state index contributed by atoms with van der Waals surface area (Å²) in [4.78, 5) is 8.80. The molecular formula is C20H16N6OS. The lowest BCUT2D eigenvalue weighted by Crippen LogP contribution is -2.00. The fourth-order valence-corrected chi connectivity index (χ4v) is 3.41. The van der Waals surface area contributed by atoms with Gasteiger partial charge < -0.3 is 10.1 Å². The highest BCUT2D eigenvalue weighted by Gasteiger charge is 2.14. The Balaban J connectivity index is 1.55. The van der Waals surface area contributed by atoms with E-state index in [4.69, 9.17) is 4.74 Å². The molecule has 4 rings (SSSR count). The van der Waals surface area contributed by atoms with Crippen LogP contribution >= 0.6 is 11.3 Å². The lowest BCUT2D eigenvalue weighted by Gasteiger charge is -2.03. The van der Waals surface area contributed by atoms with Crippen molar-refractivity contribution in [3.05, 3.63) is 71.5 Å². The number of ether oxygens (including phenoxy) is 1. The second kappa shape index (κ2) is 7.90. The van der Waals surface area contributed by atoms with Gasteiger partial charge in [0, 0.05) is 17.8 Å². The number of nitrogens with one attached hydrogen (secondary N) is 1. The van der Waals surface area contributed by atoms with E-state index in [0.29, 0.717) is 28.6 Å². The summed E-state index contributed by atoms with van der Waals surface area (Å²) < 4.78 is 6.93. The molecule has 4 aromatic rings. The molecule has 8 heteroatoms. The molecule has 0 amide bonds. The summed E-state index contributed by atoms with van der Waals surface area (Å²) in [5, 5.41) is 19.6. The number of nitriles is 1. The summed E-state index contributed by atoms with van der Waals surface area (Å²) in [6.07, 6.45) is 3.57. The Morgan fingerprint density at radius 3 is 2.79 bits per heavy atom. The monoisotopic (exact) mass is 388 g/mol. The zero-order chi connectivity index (χ0) is 19.3. The van der Waals surface area contributed by atoms with Crippen molar-refractivity contribution in [1.29, 1.82) is 5.26 Å². The van der Waals surface area contributed by atoms with Crippen molar-refractivity contribution in [2.24, 2.45) is 0 Å². The third-order valence-corrected chi connectivity index (χ3v) is 4.81. The summed E-state index contributed by atoms with van der Waals surface area (Å²) >= 11 is 1.45. The van der Waals surface area contributed by atoms with E-state index in [0.717, 1.165) is 17.1 Å². The molecule has 0 saturated carbocycles. The predicted octanol–water partition coefficient (Wildman–Crippen LogP) is 4.07. The second-order valence-electron chi connectivity index (χ2n) is 5.93. The highest BCUT2D eigenvalue weighted by Crippen LogP contribution is 2.28. The molecule has 0 saturated heterocycles. The topological polar surface area (TPSA) is 88.6 Å². The molecule has 138 valence electrons. The van der Waals surface area contributed by atoms with Crippen LogP contribution in [0.15, 0.2) is 60.2 Å². The maximum atomic E-state index is 9.48. The van der Waals surface area contributed by atoms with Crippen LogP contribution in [0.4, 0.5) is 10.9 Å². The molecule has 0 bridgehead atoms. The largest absolute Gasteiger partial charge is 0.497 e. The fraction of sp³-hybridized carbons (Fsp3) is 0.100. The smallest absolute Gasteiger partial charge is 0.188 e. The first kappa shape index (κ1) is 17.7. The van der Waals surface area contributed by atoms with Crippen LogP contribution in [0.3, 0.4) is 0 Å². The quantitative estimate of drug-likeness (QED) is 0.535. The van der Waals surface area contributed by atoms with Gasteiger partial charge in [-0.25, -0.2) is 9.97 Å². The molecule has 28 heavy (non-hydrogen) atoms. The number of rotatable bonds is 6. The summed E-state index contributed by atoms with van der Waals surface area (Å²) in [6, 6.07) is 15.5. The first-order valence-corrected chi connectivity index (χ1v) is 9.37. The van der Waals surface area contributed by atoms with Crippen LogP contribution in [0.1, 0.15) is 11.3 Å². The first-order valence-electron chi connectivity index (χ1n) is 8.49. The molecule has 0 aliphatic heterocycles. The number of methoxy groups -OCH3 is 1. The van der Waals surface area contributed by atoms with Crippen LogP contribution in [-0.4, -0.2) is 26.9 Å². The Labute approximate surface area is 165 Å². The molecule has 0 fully saturated rings. The van der Waals surface area contributed by atoms with E-state index in [9.17, 15) is 5.26 Å². The first-order chi connectivity index (χ1) is 13.7. The fourth-order valence-electron chi connectivity index (χ4n) is 2.69. The number of nitrogens with zero attached hydrogens (tertiary/aromatic N) is 5. The van der Waals surface area contributed by atoms with Gasteiger partial charge in [0.2, 0.25) is 0 Å². The van der Waals surface area contributed by atoms with Crippen molar-refractivity contribution in [2.75, 3.05) is 12.4 Å². The Kier molecular flexibility index (Phi) is 4.99. The van der Waals surface area contributed by atoms with Gasteiger partial charge in [-0.1, -0.05) is 18.2 Å². The summed E-state index contributed by atoms with van der Waals surface area (Å²) in [6.45, 7) is 0.557. The van der Waals surface area contributed by atoms with Crippen molar-refractivity contribution in [3.63, 3.8) is 0 Å². The highest BCUT2D eigenvalue weighted by atomic mass is 32.1. The van der Waals surface area contributed by atoms with Crippen LogP contribution < -0.4 is 10.1 Å². The molecular weight excluding hydrogens is 372 g/mol. The maximum Gasteiger partial charge on any atom is 0.188 e. The standard InChI is InChI=1S/C20H16N6OS/c1-27-15-7-5-14(6-8-15)11-26-12-16(17(10-21)25-26)18-13-28-20(23-18)24-19-4-2-3-9-22-19/h2-9,12-13H,11H2,1H3,(H,22,23,24). The van der Waals surface area contributed by atoms with Gasteiger partial charge in [0.05, 0.1) is 24.9 Å². The van der Waals surface area contributed by atoms with Gasteiger partial charge in [0.15, 0.2) is 10.8 Å². The molecule has 0 radical (unpaired) electrons. The minimum absolute atomic E-state index is 0.350. The molecule has 1 aromatic carbocycles. The average molecular weight is 388 g/mol.